The van der Waals surface area contributed by atoms with Gasteiger partial charge in [-0.2, -0.15) is 0 Å². The van der Waals surface area contributed by atoms with Crippen LogP contribution < -0.4 is 5.32 Å². The number of hydrogen-bond donors (Lipinski definition) is 1. The van der Waals surface area contributed by atoms with Gasteiger partial charge in [-0.15, -0.1) is 0 Å². The minimum atomic E-state index is -0.172. The number of pyridine rings is 1. The largest absolute Gasteiger partial charge is 0.310 e. The van der Waals surface area contributed by atoms with E-state index in [0.29, 0.717) is 0 Å². The van der Waals surface area contributed by atoms with E-state index in [1.54, 1.807) is 12.1 Å². The fraction of sp³-hybridized carbons (Fsp3) is 0.389. The molecule has 1 atom stereocenters. The maximum Gasteiger partial charge on any atom is 0.123 e. The third kappa shape index (κ3) is 4.11. The zero-order valence-corrected chi connectivity index (χ0v) is 13.0. The molecule has 0 saturated heterocycles. The molecule has 112 valence electrons. The second-order valence-electron chi connectivity index (χ2n) is 5.51. The number of aryl methyl sites for hydroxylation is 2. The van der Waals surface area contributed by atoms with Crippen LogP contribution in [0.25, 0.3) is 0 Å². The van der Waals surface area contributed by atoms with Gasteiger partial charge in [-0.25, -0.2) is 4.39 Å². The van der Waals surface area contributed by atoms with E-state index in [1.807, 2.05) is 25.4 Å². The van der Waals surface area contributed by atoms with E-state index in [0.717, 1.165) is 24.9 Å². The van der Waals surface area contributed by atoms with Crippen molar-refractivity contribution in [1.82, 2.24) is 10.3 Å². The molecule has 1 N–H and O–H groups in total. The summed E-state index contributed by atoms with van der Waals surface area (Å²) in [5.41, 5.74) is 4.64. The van der Waals surface area contributed by atoms with Crippen LogP contribution in [-0.4, -0.2) is 11.5 Å². The number of halogens is 1. The number of aromatic nitrogens is 1. The first-order valence-electron chi connectivity index (χ1n) is 7.50. The number of hydrogen-bond acceptors (Lipinski definition) is 2. The fourth-order valence-electron chi connectivity index (χ4n) is 2.59. The van der Waals surface area contributed by atoms with Crippen molar-refractivity contribution in [3.8, 4) is 0 Å². The lowest BCUT2D eigenvalue weighted by Crippen LogP contribution is -2.25. The summed E-state index contributed by atoms with van der Waals surface area (Å²) in [6, 6.07) is 7.34. The molecule has 0 aliphatic rings. The Hall–Kier alpha value is -1.74. The highest BCUT2D eigenvalue weighted by Gasteiger charge is 2.15. The van der Waals surface area contributed by atoms with Crippen LogP contribution in [0.1, 0.15) is 41.6 Å². The Bertz CT molecular complexity index is 596. The van der Waals surface area contributed by atoms with Crippen molar-refractivity contribution in [2.24, 2.45) is 0 Å². The van der Waals surface area contributed by atoms with Gasteiger partial charge in [-0.05, 0) is 73.7 Å². The average Bonchev–Trinajstić information content (AvgIpc) is 2.46. The van der Waals surface area contributed by atoms with Gasteiger partial charge in [0, 0.05) is 18.4 Å². The lowest BCUT2D eigenvalue weighted by molar-refractivity contribution is 0.525. The lowest BCUT2D eigenvalue weighted by atomic mass is 9.94. The zero-order chi connectivity index (χ0) is 15.2. The Morgan fingerprint density at radius 1 is 1.19 bits per heavy atom. The third-order valence-electron chi connectivity index (χ3n) is 3.81. The van der Waals surface area contributed by atoms with Crippen LogP contribution in [0.2, 0.25) is 0 Å². The van der Waals surface area contributed by atoms with Gasteiger partial charge in [0.2, 0.25) is 0 Å². The lowest BCUT2D eigenvalue weighted by Gasteiger charge is -2.21. The van der Waals surface area contributed by atoms with Crippen LogP contribution in [-0.2, 0) is 6.42 Å². The molecule has 3 heteroatoms. The first-order chi connectivity index (χ1) is 10.1. The van der Waals surface area contributed by atoms with Crippen LogP contribution in [0.4, 0.5) is 4.39 Å². The summed E-state index contributed by atoms with van der Waals surface area (Å²) in [5, 5.41) is 3.60. The molecule has 0 spiro atoms. The molecular formula is C18H23FN2. The van der Waals surface area contributed by atoms with Crippen molar-refractivity contribution in [3.63, 3.8) is 0 Å². The molecule has 0 saturated carbocycles. The van der Waals surface area contributed by atoms with Crippen molar-refractivity contribution in [2.75, 3.05) is 6.54 Å². The maximum absolute atomic E-state index is 13.3. The quantitative estimate of drug-likeness (QED) is 0.864. The number of nitrogens with one attached hydrogen (secondary N) is 1. The minimum absolute atomic E-state index is 0.172. The number of benzene rings is 1. The molecule has 1 unspecified atom stereocenters. The van der Waals surface area contributed by atoms with E-state index in [-0.39, 0.29) is 11.9 Å². The van der Waals surface area contributed by atoms with Gasteiger partial charge in [-0.1, -0.05) is 13.0 Å². The van der Waals surface area contributed by atoms with Crippen molar-refractivity contribution >= 4 is 0 Å². The Morgan fingerprint density at radius 3 is 2.67 bits per heavy atom. The molecular weight excluding hydrogens is 263 g/mol. The molecule has 1 aromatic heterocycles. The number of nitrogens with zero attached hydrogens (tertiary/aromatic N) is 1. The fourth-order valence-corrected chi connectivity index (χ4v) is 2.59. The Kier molecular flexibility index (Phi) is 5.45. The second kappa shape index (κ2) is 7.32. The van der Waals surface area contributed by atoms with E-state index in [9.17, 15) is 4.39 Å². The van der Waals surface area contributed by atoms with Crippen LogP contribution in [0.3, 0.4) is 0 Å². The SMILES string of the molecule is CCCNC(Cc1ccc(F)cc1C)c1ccncc1C. The van der Waals surface area contributed by atoms with Crippen molar-refractivity contribution < 1.29 is 4.39 Å². The summed E-state index contributed by atoms with van der Waals surface area (Å²) in [6.45, 7) is 7.18. The summed E-state index contributed by atoms with van der Waals surface area (Å²) in [5.74, 6) is -0.172. The smallest absolute Gasteiger partial charge is 0.123 e. The first kappa shape index (κ1) is 15.6. The highest BCUT2D eigenvalue weighted by Crippen LogP contribution is 2.23. The van der Waals surface area contributed by atoms with Crippen molar-refractivity contribution in [2.45, 2.75) is 39.7 Å². The Morgan fingerprint density at radius 2 is 2.00 bits per heavy atom. The maximum atomic E-state index is 13.3. The second-order valence-corrected chi connectivity index (χ2v) is 5.51. The van der Waals surface area contributed by atoms with Gasteiger partial charge in [0.25, 0.3) is 0 Å². The molecule has 2 aromatic rings. The summed E-state index contributed by atoms with van der Waals surface area (Å²) >= 11 is 0. The van der Waals surface area contributed by atoms with Gasteiger partial charge in [-0.3, -0.25) is 4.98 Å². The predicted octanol–water partition coefficient (Wildman–Crippen LogP) is 4.12. The molecule has 0 amide bonds. The summed E-state index contributed by atoms with van der Waals surface area (Å²) in [4.78, 5) is 4.17. The monoisotopic (exact) mass is 286 g/mol. The van der Waals surface area contributed by atoms with Crippen LogP contribution in [0.15, 0.2) is 36.7 Å². The standard InChI is InChI=1S/C18H23FN2/c1-4-8-21-18(17-7-9-20-12-14(17)3)11-15-5-6-16(19)10-13(15)2/h5-7,9-10,12,18,21H,4,8,11H2,1-3H3. The Labute approximate surface area is 126 Å². The van der Waals surface area contributed by atoms with Crippen molar-refractivity contribution in [1.29, 1.82) is 0 Å². The van der Waals surface area contributed by atoms with Crippen LogP contribution >= 0.6 is 0 Å². The topological polar surface area (TPSA) is 24.9 Å². The van der Waals surface area contributed by atoms with E-state index in [4.69, 9.17) is 0 Å². The summed E-state index contributed by atoms with van der Waals surface area (Å²) in [6.07, 6.45) is 5.67. The molecule has 0 radical (unpaired) electrons. The van der Waals surface area contributed by atoms with Crippen molar-refractivity contribution in [3.05, 3.63) is 64.7 Å². The molecule has 21 heavy (non-hydrogen) atoms. The molecule has 1 heterocycles. The average molecular weight is 286 g/mol. The number of rotatable bonds is 6. The highest BCUT2D eigenvalue weighted by molar-refractivity contribution is 5.32. The zero-order valence-electron chi connectivity index (χ0n) is 13.0. The Balaban J connectivity index is 2.26. The molecule has 2 rings (SSSR count). The molecule has 0 bridgehead atoms. The van der Waals surface area contributed by atoms with E-state index in [1.165, 1.54) is 16.7 Å². The normalized spacial score (nSPS) is 12.4. The van der Waals surface area contributed by atoms with E-state index < -0.39 is 0 Å². The van der Waals surface area contributed by atoms with Crippen LogP contribution in [0.5, 0.6) is 0 Å². The molecule has 0 fully saturated rings. The molecule has 0 aliphatic heterocycles. The van der Waals surface area contributed by atoms with Gasteiger partial charge >= 0.3 is 0 Å². The van der Waals surface area contributed by atoms with Crippen LogP contribution in [0, 0.1) is 19.7 Å². The van der Waals surface area contributed by atoms with Gasteiger partial charge in [0.05, 0.1) is 0 Å². The molecule has 2 nitrogen and oxygen atoms in total. The van der Waals surface area contributed by atoms with Gasteiger partial charge in [0.1, 0.15) is 5.82 Å². The third-order valence-corrected chi connectivity index (χ3v) is 3.81. The van der Waals surface area contributed by atoms with Gasteiger partial charge in [0.15, 0.2) is 0 Å². The van der Waals surface area contributed by atoms with E-state index in [2.05, 4.69) is 30.2 Å². The predicted molar refractivity (Wildman–Crippen MR) is 84.8 cm³/mol. The molecule has 0 aliphatic carbocycles. The minimum Gasteiger partial charge on any atom is -0.310 e. The highest BCUT2D eigenvalue weighted by atomic mass is 19.1. The first-order valence-corrected chi connectivity index (χ1v) is 7.50. The summed E-state index contributed by atoms with van der Waals surface area (Å²) < 4.78 is 13.3. The van der Waals surface area contributed by atoms with E-state index >= 15 is 0 Å². The molecule has 1 aromatic carbocycles. The van der Waals surface area contributed by atoms with Gasteiger partial charge < -0.3 is 5.32 Å². The summed E-state index contributed by atoms with van der Waals surface area (Å²) in [7, 11) is 0.